The van der Waals surface area contributed by atoms with E-state index in [9.17, 15) is 9.18 Å². The van der Waals surface area contributed by atoms with Crippen molar-refractivity contribution < 1.29 is 9.18 Å². The first-order chi connectivity index (χ1) is 7.16. The number of hydrogen-bond donors (Lipinski definition) is 0. The number of benzene rings is 1. The summed E-state index contributed by atoms with van der Waals surface area (Å²) < 4.78 is 12.9. The molecular weight excluding hydrogens is 193 g/mol. The zero-order valence-electron chi connectivity index (χ0n) is 8.79. The van der Waals surface area contributed by atoms with Gasteiger partial charge >= 0.3 is 0 Å². The highest BCUT2D eigenvalue weighted by atomic mass is 19.1. The molecule has 1 aromatic carbocycles. The van der Waals surface area contributed by atoms with Crippen molar-refractivity contribution in [3.8, 4) is 0 Å². The normalized spacial score (nSPS) is 16.9. The van der Waals surface area contributed by atoms with E-state index in [2.05, 4.69) is 4.90 Å². The van der Waals surface area contributed by atoms with Crippen LogP contribution in [0.2, 0.25) is 0 Å². The molecule has 2 rings (SSSR count). The van der Waals surface area contributed by atoms with Crippen molar-refractivity contribution in [3.63, 3.8) is 0 Å². The van der Waals surface area contributed by atoms with Gasteiger partial charge in [-0.3, -0.25) is 4.79 Å². The van der Waals surface area contributed by atoms with Gasteiger partial charge in [-0.05, 0) is 30.7 Å². The number of hydrogen-bond acceptors (Lipinski definition) is 2. The summed E-state index contributed by atoms with van der Waals surface area (Å²) in [4.78, 5) is 13.2. The average molecular weight is 207 g/mol. The Kier molecular flexibility index (Phi) is 2.71. The monoisotopic (exact) mass is 207 g/mol. The Bertz CT molecular complexity index is 379. The number of halogens is 1. The van der Waals surface area contributed by atoms with Crippen molar-refractivity contribution in [1.29, 1.82) is 0 Å². The summed E-state index contributed by atoms with van der Waals surface area (Å²) in [6, 6.07) is 4.80. The minimum absolute atomic E-state index is 0.204. The Balaban J connectivity index is 2.19. The number of nitrogens with zero attached hydrogens (tertiary/aromatic N) is 1. The van der Waals surface area contributed by atoms with Crippen LogP contribution in [0, 0.1) is 12.7 Å². The third-order valence-corrected chi connectivity index (χ3v) is 2.82. The van der Waals surface area contributed by atoms with Gasteiger partial charge in [0.1, 0.15) is 11.6 Å². The Hall–Kier alpha value is -1.38. The van der Waals surface area contributed by atoms with E-state index in [1.165, 1.54) is 12.1 Å². The smallest absolute Gasteiger partial charge is 0.136 e. The van der Waals surface area contributed by atoms with Crippen molar-refractivity contribution in [2.45, 2.75) is 19.8 Å². The van der Waals surface area contributed by atoms with Gasteiger partial charge in [-0.15, -0.1) is 0 Å². The van der Waals surface area contributed by atoms with Crippen molar-refractivity contribution in [1.82, 2.24) is 0 Å². The first-order valence-corrected chi connectivity index (χ1v) is 5.19. The predicted molar refractivity (Wildman–Crippen MR) is 57.6 cm³/mol. The van der Waals surface area contributed by atoms with Crippen LogP contribution in [-0.2, 0) is 4.79 Å². The van der Waals surface area contributed by atoms with Gasteiger partial charge in [0.15, 0.2) is 0 Å². The van der Waals surface area contributed by atoms with E-state index in [0.717, 1.165) is 24.3 Å². The largest absolute Gasteiger partial charge is 0.370 e. The van der Waals surface area contributed by atoms with E-state index in [1.807, 2.05) is 6.92 Å². The van der Waals surface area contributed by atoms with E-state index in [1.54, 1.807) is 6.07 Å². The van der Waals surface area contributed by atoms with Crippen LogP contribution in [0.15, 0.2) is 18.2 Å². The number of carbonyl (C=O) groups is 1. The fourth-order valence-electron chi connectivity index (χ4n) is 1.97. The van der Waals surface area contributed by atoms with E-state index in [0.29, 0.717) is 18.6 Å². The first kappa shape index (κ1) is 10.1. The molecule has 1 heterocycles. The molecular formula is C12H14FNO. The molecule has 0 bridgehead atoms. The van der Waals surface area contributed by atoms with Crippen molar-refractivity contribution in [3.05, 3.63) is 29.6 Å². The van der Waals surface area contributed by atoms with Gasteiger partial charge in [0, 0.05) is 31.6 Å². The van der Waals surface area contributed by atoms with Gasteiger partial charge in [-0.25, -0.2) is 4.39 Å². The fraction of sp³-hybridized carbons (Fsp3) is 0.417. The van der Waals surface area contributed by atoms with Crippen LogP contribution >= 0.6 is 0 Å². The molecule has 0 amide bonds. The minimum atomic E-state index is -0.204. The summed E-state index contributed by atoms with van der Waals surface area (Å²) in [7, 11) is 0. The maximum absolute atomic E-state index is 12.9. The maximum atomic E-state index is 12.9. The van der Waals surface area contributed by atoms with Gasteiger partial charge < -0.3 is 4.90 Å². The molecule has 3 heteroatoms. The van der Waals surface area contributed by atoms with Crippen molar-refractivity contribution in [2.24, 2.45) is 0 Å². The SMILES string of the molecule is Cc1cc(F)ccc1N1CCC(=O)CC1. The second-order valence-electron chi connectivity index (χ2n) is 3.96. The van der Waals surface area contributed by atoms with E-state index >= 15 is 0 Å². The molecule has 0 unspecified atom stereocenters. The average Bonchev–Trinajstić information content (AvgIpc) is 2.20. The molecule has 15 heavy (non-hydrogen) atoms. The lowest BCUT2D eigenvalue weighted by molar-refractivity contribution is -0.119. The molecule has 1 aromatic rings. The number of piperidine rings is 1. The molecule has 0 saturated carbocycles. The molecule has 1 aliphatic heterocycles. The minimum Gasteiger partial charge on any atom is -0.370 e. The van der Waals surface area contributed by atoms with Crippen LogP contribution in [-0.4, -0.2) is 18.9 Å². The van der Waals surface area contributed by atoms with Crippen LogP contribution in [0.3, 0.4) is 0 Å². The summed E-state index contributed by atoms with van der Waals surface area (Å²) in [5.41, 5.74) is 1.98. The molecule has 0 spiro atoms. The third-order valence-electron chi connectivity index (χ3n) is 2.82. The van der Waals surface area contributed by atoms with Gasteiger partial charge in [0.05, 0.1) is 0 Å². The molecule has 1 saturated heterocycles. The maximum Gasteiger partial charge on any atom is 0.136 e. The summed E-state index contributed by atoms with van der Waals surface area (Å²) in [6.45, 7) is 3.41. The van der Waals surface area contributed by atoms with E-state index in [4.69, 9.17) is 0 Å². The van der Waals surface area contributed by atoms with Gasteiger partial charge in [0.25, 0.3) is 0 Å². The topological polar surface area (TPSA) is 20.3 Å². The highest BCUT2D eigenvalue weighted by Gasteiger charge is 2.17. The lowest BCUT2D eigenvalue weighted by atomic mass is 10.1. The zero-order chi connectivity index (χ0) is 10.8. The predicted octanol–water partition coefficient (Wildman–Crippen LogP) is 2.30. The van der Waals surface area contributed by atoms with Crippen molar-refractivity contribution in [2.75, 3.05) is 18.0 Å². The standard InChI is InChI=1S/C12H14FNO/c1-9-8-10(13)2-3-12(9)14-6-4-11(15)5-7-14/h2-3,8H,4-7H2,1H3. The highest BCUT2D eigenvalue weighted by molar-refractivity contribution is 5.81. The van der Waals surface area contributed by atoms with Crippen LogP contribution in [0.1, 0.15) is 18.4 Å². The van der Waals surface area contributed by atoms with E-state index in [-0.39, 0.29) is 5.82 Å². The van der Waals surface area contributed by atoms with Crippen LogP contribution < -0.4 is 4.90 Å². The first-order valence-electron chi connectivity index (χ1n) is 5.19. The van der Waals surface area contributed by atoms with Gasteiger partial charge in [-0.1, -0.05) is 0 Å². The summed E-state index contributed by atoms with van der Waals surface area (Å²) in [5, 5.41) is 0. The Morgan fingerprint density at radius 1 is 1.27 bits per heavy atom. The lowest BCUT2D eigenvalue weighted by Crippen LogP contribution is -2.34. The summed E-state index contributed by atoms with van der Waals surface area (Å²) in [6.07, 6.45) is 1.22. The van der Waals surface area contributed by atoms with Crippen LogP contribution in [0.5, 0.6) is 0 Å². The number of carbonyl (C=O) groups excluding carboxylic acids is 1. The number of rotatable bonds is 1. The molecule has 0 aromatic heterocycles. The van der Waals surface area contributed by atoms with E-state index < -0.39 is 0 Å². The summed E-state index contributed by atoms with van der Waals surface area (Å²) in [5.74, 6) is 0.121. The molecule has 1 aliphatic rings. The van der Waals surface area contributed by atoms with Gasteiger partial charge in [0.2, 0.25) is 0 Å². The molecule has 0 radical (unpaired) electrons. The van der Waals surface area contributed by atoms with Gasteiger partial charge in [-0.2, -0.15) is 0 Å². The molecule has 0 atom stereocenters. The quantitative estimate of drug-likeness (QED) is 0.704. The zero-order valence-corrected chi connectivity index (χ0v) is 8.79. The Labute approximate surface area is 88.7 Å². The molecule has 0 N–H and O–H groups in total. The molecule has 1 fully saturated rings. The number of anilines is 1. The van der Waals surface area contributed by atoms with Crippen LogP contribution in [0.25, 0.3) is 0 Å². The Morgan fingerprint density at radius 2 is 1.93 bits per heavy atom. The molecule has 2 nitrogen and oxygen atoms in total. The third kappa shape index (κ3) is 2.17. The highest BCUT2D eigenvalue weighted by Crippen LogP contribution is 2.23. The second kappa shape index (κ2) is 4.01. The molecule has 80 valence electrons. The second-order valence-corrected chi connectivity index (χ2v) is 3.96. The molecule has 0 aliphatic carbocycles. The van der Waals surface area contributed by atoms with Crippen molar-refractivity contribution >= 4 is 11.5 Å². The number of Topliss-reactive ketones (excluding diaryl/α,β-unsaturated/α-hetero) is 1. The number of aryl methyl sites for hydroxylation is 1. The summed E-state index contributed by atoms with van der Waals surface area (Å²) >= 11 is 0. The number of ketones is 1. The fourth-order valence-corrected chi connectivity index (χ4v) is 1.97. The van der Waals surface area contributed by atoms with Crippen LogP contribution in [0.4, 0.5) is 10.1 Å². The Morgan fingerprint density at radius 3 is 2.53 bits per heavy atom. The lowest BCUT2D eigenvalue weighted by Gasteiger charge is -2.29.